The van der Waals surface area contributed by atoms with Crippen molar-refractivity contribution in [1.29, 1.82) is 0 Å². The molecule has 0 N–H and O–H groups in total. The Morgan fingerprint density at radius 3 is 2.42 bits per heavy atom. The van der Waals surface area contributed by atoms with Gasteiger partial charge in [-0.3, -0.25) is 0 Å². The van der Waals surface area contributed by atoms with Crippen molar-refractivity contribution in [3.8, 4) is 0 Å². The van der Waals surface area contributed by atoms with Crippen molar-refractivity contribution in [2.24, 2.45) is 0 Å². The normalized spacial score (nSPS) is 11.8. The lowest BCUT2D eigenvalue weighted by molar-refractivity contribution is 0.400. The molecule has 0 radical (unpaired) electrons. The van der Waals surface area contributed by atoms with Crippen molar-refractivity contribution in [1.82, 2.24) is 4.90 Å². The van der Waals surface area contributed by atoms with E-state index in [9.17, 15) is 0 Å². The highest BCUT2D eigenvalue weighted by atomic mass is 15.0. The fourth-order valence-corrected chi connectivity index (χ4v) is 1.00. The molecule has 0 amide bonds. The lowest BCUT2D eigenvalue weighted by atomic mass is 10.1. The summed E-state index contributed by atoms with van der Waals surface area (Å²) in [5.41, 5.74) is 1.27. The van der Waals surface area contributed by atoms with Gasteiger partial charge >= 0.3 is 0 Å². The quantitative estimate of drug-likeness (QED) is 0.547. The van der Waals surface area contributed by atoms with Gasteiger partial charge in [-0.2, -0.15) is 0 Å². The predicted octanol–water partition coefficient (Wildman–Crippen LogP) is 2.63. The van der Waals surface area contributed by atoms with Gasteiger partial charge in [0.2, 0.25) is 0 Å². The van der Waals surface area contributed by atoms with E-state index < -0.39 is 0 Å². The van der Waals surface area contributed by atoms with Crippen LogP contribution in [0.1, 0.15) is 12.8 Å². The van der Waals surface area contributed by atoms with E-state index >= 15 is 0 Å². The van der Waals surface area contributed by atoms with Crippen molar-refractivity contribution in [3.63, 3.8) is 0 Å². The molecular weight excluding hydrogens is 146 g/mol. The van der Waals surface area contributed by atoms with E-state index in [2.05, 4.69) is 32.2 Å². The number of hydrogen-bond acceptors (Lipinski definition) is 1. The van der Waals surface area contributed by atoms with E-state index in [4.69, 9.17) is 0 Å². The van der Waals surface area contributed by atoms with Crippen molar-refractivity contribution in [3.05, 3.63) is 37.0 Å². The van der Waals surface area contributed by atoms with Gasteiger partial charge < -0.3 is 4.90 Å². The summed E-state index contributed by atoms with van der Waals surface area (Å²) in [7, 11) is 4.18. The fourth-order valence-electron chi connectivity index (χ4n) is 1.00. The monoisotopic (exact) mass is 165 g/mol. The van der Waals surface area contributed by atoms with Crippen LogP contribution in [0.25, 0.3) is 0 Å². The molecule has 0 aromatic rings. The van der Waals surface area contributed by atoms with Crippen LogP contribution < -0.4 is 0 Å². The second kappa shape index (κ2) is 6.86. The molecule has 12 heavy (non-hydrogen) atoms. The van der Waals surface area contributed by atoms with Crippen LogP contribution in [-0.2, 0) is 0 Å². The third kappa shape index (κ3) is 5.93. The molecule has 1 heteroatoms. The van der Waals surface area contributed by atoms with Gasteiger partial charge in [0, 0.05) is 0 Å². The molecule has 0 unspecified atom stereocenters. The van der Waals surface area contributed by atoms with Gasteiger partial charge in [0.1, 0.15) is 0 Å². The molecule has 0 aliphatic heterocycles. The summed E-state index contributed by atoms with van der Waals surface area (Å²) in [5.74, 6) is 0. The fraction of sp³-hybridized carbons (Fsp3) is 0.455. The van der Waals surface area contributed by atoms with E-state index in [0.717, 1.165) is 13.0 Å². The third-order valence-corrected chi connectivity index (χ3v) is 1.66. The van der Waals surface area contributed by atoms with Crippen LogP contribution >= 0.6 is 0 Å². The molecule has 0 saturated carbocycles. The molecule has 0 aliphatic rings. The van der Waals surface area contributed by atoms with Crippen LogP contribution in [-0.4, -0.2) is 25.5 Å². The highest BCUT2D eigenvalue weighted by Crippen LogP contribution is 2.06. The minimum Gasteiger partial charge on any atom is -0.309 e. The van der Waals surface area contributed by atoms with E-state index in [0.29, 0.717) is 0 Å². The summed E-state index contributed by atoms with van der Waals surface area (Å²) in [6.07, 6.45) is 8.00. The van der Waals surface area contributed by atoms with Gasteiger partial charge in [-0.1, -0.05) is 31.4 Å². The SMILES string of the molecule is C=C/C=C(\C=C)CCCN(C)C. The van der Waals surface area contributed by atoms with E-state index in [1.165, 1.54) is 12.0 Å². The van der Waals surface area contributed by atoms with Crippen LogP contribution in [0.4, 0.5) is 0 Å². The molecule has 0 heterocycles. The first-order valence-electron chi connectivity index (χ1n) is 4.29. The van der Waals surface area contributed by atoms with Crippen LogP contribution in [0.15, 0.2) is 37.0 Å². The predicted molar refractivity (Wildman–Crippen MR) is 56.3 cm³/mol. The maximum absolute atomic E-state index is 3.75. The van der Waals surface area contributed by atoms with Crippen molar-refractivity contribution in [2.45, 2.75) is 12.8 Å². The van der Waals surface area contributed by atoms with Crippen LogP contribution in [0, 0.1) is 0 Å². The molecule has 0 aromatic heterocycles. The zero-order valence-corrected chi connectivity index (χ0v) is 8.21. The van der Waals surface area contributed by atoms with Crippen molar-refractivity contribution >= 4 is 0 Å². The maximum Gasteiger partial charge on any atom is -0.00217 e. The van der Waals surface area contributed by atoms with Crippen molar-refractivity contribution < 1.29 is 0 Å². The molecule has 68 valence electrons. The number of nitrogens with zero attached hydrogens (tertiary/aromatic N) is 1. The minimum absolute atomic E-state index is 1.09. The first kappa shape index (κ1) is 11.2. The second-order valence-electron chi connectivity index (χ2n) is 3.09. The summed E-state index contributed by atoms with van der Waals surface area (Å²) >= 11 is 0. The summed E-state index contributed by atoms with van der Waals surface area (Å²) in [6, 6.07) is 0. The Kier molecular flexibility index (Phi) is 6.39. The number of allylic oxidation sites excluding steroid dienone is 4. The Bertz CT molecular complexity index is 166. The van der Waals surface area contributed by atoms with Gasteiger partial charge in [-0.15, -0.1) is 0 Å². The molecule has 0 saturated heterocycles. The molecule has 0 spiro atoms. The smallest absolute Gasteiger partial charge is 0.00217 e. The molecule has 1 nitrogen and oxygen atoms in total. The highest BCUT2D eigenvalue weighted by molar-refractivity contribution is 5.20. The molecular formula is C11H19N. The Morgan fingerprint density at radius 1 is 1.33 bits per heavy atom. The zero-order valence-electron chi connectivity index (χ0n) is 8.21. The van der Waals surface area contributed by atoms with Crippen LogP contribution in [0.3, 0.4) is 0 Å². The van der Waals surface area contributed by atoms with Gasteiger partial charge in [-0.25, -0.2) is 0 Å². The van der Waals surface area contributed by atoms with Gasteiger partial charge in [0.05, 0.1) is 0 Å². The maximum atomic E-state index is 3.75. The minimum atomic E-state index is 1.09. The average molecular weight is 165 g/mol. The number of rotatable bonds is 6. The lowest BCUT2D eigenvalue weighted by Crippen LogP contribution is -2.12. The summed E-state index contributed by atoms with van der Waals surface area (Å²) in [5, 5.41) is 0. The van der Waals surface area contributed by atoms with Crippen LogP contribution in [0.5, 0.6) is 0 Å². The Hall–Kier alpha value is -0.820. The molecule has 0 fully saturated rings. The van der Waals surface area contributed by atoms with Gasteiger partial charge in [-0.05, 0) is 39.1 Å². The third-order valence-electron chi connectivity index (χ3n) is 1.66. The molecule has 0 bridgehead atoms. The summed E-state index contributed by atoms with van der Waals surface area (Å²) in [6.45, 7) is 8.53. The molecule has 0 atom stereocenters. The second-order valence-corrected chi connectivity index (χ2v) is 3.09. The Morgan fingerprint density at radius 2 is 2.00 bits per heavy atom. The topological polar surface area (TPSA) is 3.24 Å². The highest BCUT2D eigenvalue weighted by Gasteiger charge is 1.92. The standard InChI is InChI=1S/C11H19N/c1-5-8-11(6-2)9-7-10-12(3)4/h5-6,8H,1-2,7,9-10H2,3-4H3/b11-8+. The van der Waals surface area contributed by atoms with Gasteiger partial charge in [0.25, 0.3) is 0 Å². The molecule has 0 aromatic carbocycles. The number of hydrogen-bond donors (Lipinski definition) is 0. The zero-order chi connectivity index (χ0) is 9.40. The summed E-state index contributed by atoms with van der Waals surface area (Å²) < 4.78 is 0. The molecule has 0 aliphatic carbocycles. The van der Waals surface area contributed by atoms with Crippen LogP contribution in [0.2, 0.25) is 0 Å². The average Bonchev–Trinajstić information content (AvgIpc) is 2.02. The Balaban J connectivity index is 3.66. The van der Waals surface area contributed by atoms with E-state index in [1.54, 1.807) is 0 Å². The largest absolute Gasteiger partial charge is 0.309 e. The Labute approximate surface area is 76.1 Å². The first-order valence-corrected chi connectivity index (χ1v) is 4.29. The lowest BCUT2D eigenvalue weighted by Gasteiger charge is -2.08. The van der Waals surface area contributed by atoms with Gasteiger partial charge in [0.15, 0.2) is 0 Å². The molecule has 0 rings (SSSR count). The van der Waals surface area contributed by atoms with Crippen molar-refractivity contribution in [2.75, 3.05) is 20.6 Å². The van der Waals surface area contributed by atoms with E-state index in [1.807, 2.05) is 18.2 Å². The summed E-state index contributed by atoms with van der Waals surface area (Å²) in [4.78, 5) is 2.19. The first-order chi connectivity index (χ1) is 5.70. The van der Waals surface area contributed by atoms with E-state index in [-0.39, 0.29) is 0 Å².